The van der Waals surface area contributed by atoms with E-state index in [0.29, 0.717) is 22.9 Å². The number of fused-ring (bicyclic) bond motifs is 2. The molecular formula is C21H18N4O4. The maximum absolute atomic E-state index is 5.53. The van der Waals surface area contributed by atoms with Gasteiger partial charge in [0.2, 0.25) is 6.79 Å². The fourth-order valence-electron chi connectivity index (χ4n) is 3.31. The van der Waals surface area contributed by atoms with Crippen molar-refractivity contribution >= 4 is 17.2 Å². The zero-order valence-corrected chi connectivity index (χ0v) is 15.9. The van der Waals surface area contributed by atoms with E-state index in [-0.39, 0.29) is 6.79 Å². The molecule has 0 saturated carbocycles. The van der Waals surface area contributed by atoms with Gasteiger partial charge in [0, 0.05) is 24.0 Å². The van der Waals surface area contributed by atoms with Gasteiger partial charge in [-0.3, -0.25) is 9.38 Å². The van der Waals surface area contributed by atoms with Crippen LogP contribution in [0.1, 0.15) is 0 Å². The van der Waals surface area contributed by atoms with Crippen molar-refractivity contribution in [3.05, 3.63) is 55.0 Å². The minimum absolute atomic E-state index is 0.222. The largest absolute Gasteiger partial charge is 0.497 e. The number of hydrogen-bond donors (Lipinski definition) is 1. The molecule has 5 rings (SSSR count). The Morgan fingerprint density at radius 1 is 1.03 bits per heavy atom. The Morgan fingerprint density at radius 3 is 2.79 bits per heavy atom. The maximum Gasteiger partial charge on any atom is 0.231 e. The molecule has 4 aromatic rings. The van der Waals surface area contributed by atoms with Gasteiger partial charge in [-0.25, -0.2) is 4.98 Å². The molecule has 1 N–H and O–H groups in total. The highest BCUT2D eigenvalue weighted by Crippen LogP contribution is 2.40. The predicted molar refractivity (Wildman–Crippen MR) is 107 cm³/mol. The van der Waals surface area contributed by atoms with Crippen molar-refractivity contribution < 1.29 is 18.9 Å². The van der Waals surface area contributed by atoms with E-state index >= 15 is 0 Å². The summed E-state index contributed by atoms with van der Waals surface area (Å²) in [6, 6.07) is 11.3. The molecule has 8 nitrogen and oxygen atoms in total. The van der Waals surface area contributed by atoms with Crippen LogP contribution in [0.25, 0.3) is 16.9 Å². The lowest BCUT2D eigenvalue weighted by Crippen LogP contribution is -2.00. The first-order valence-corrected chi connectivity index (χ1v) is 8.98. The van der Waals surface area contributed by atoms with Gasteiger partial charge >= 0.3 is 0 Å². The zero-order chi connectivity index (χ0) is 19.8. The molecule has 0 aliphatic carbocycles. The third kappa shape index (κ3) is 2.94. The molecule has 2 aromatic heterocycles. The molecule has 1 aliphatic heterocycles. The Morgan fingerprint density at radius 2 is 1.93 bits per heavy atom. The number of aromatic nitrogens is 3. The lowest BCUT2D eigenvalue weighted by Gasteiger charge is -2.14. The molecular weight excluding hydrogens is 372 g/mol. The number of nitrogens with one attached hydrogen (secondary N) is 1. The van der Waals surface area contributed by atoms with Crippen LogP contribution in [0.3, 0.4) is 0 Å². The molecule has 0 fully saturated rings. The first-order chi connectivity index (χ1) is 14.3. The summed E-state index contributed by atoms with van der Waals surface area (Å²) in [4.78, 5) is 8.96. The average Bonchev–Trinajstić information content (AvgIpc) is 3.38. The van der Waals surface area contributed by atoms with Gasteiger partial charge in [-0.1, -0.05) is 0 Å². The summed E-state index contributed by atoms with van der Waals surface area (Å²) in [6.45, 7) is 0.222. The van der Waals surface area contributed by atoms with E-state index in [1.54, 1.807) is 26.6 Å². The maximum atomic E-state index is 5.53. The van der Waals surface area contributed by atoms with Crippen molar-refractivity contribution in [1.29, 1.82) is 0 Å². The molecule has 0 spiro atoms. The zero-order valence-electron chi connectivity index (χ0n) is 15.9. The summed E-state index contributed by atoms with van der Waals surface area (Å²) < 4.78 is 23.8. The number of benzene rings is 2. The Labute approximate surface area is 166 Å². The molecule has 29 heavy (non-hydrogen) atoms. The van der Waals surface area contributed by atoms with Gasteiger partial charge in [-0.05, 0) is 30.3 Å². The highest BCUT2D eigenvalue weighted by Gasteiger charge is 2.20. The highest BCUT2D eigenvalue weighted by atomic mass is 16.7. The van der Waals surface area contributed by atoms with E-state index < -0.39 is 0 Å². The summed E-state index contributed by atoms with van der Waals surface area (Å²) in [6.07, 6.45) is 5.28. The lowest BCUT2D eigenvalue weighted by atomic mass is 10.1. The van der Waals surface area contributed by atoms with Crippen molar-refractivity contribution in [3.8, 4) is 34.3 Å². The van der Waals surface area contributed by atoms with Gasteiger partial charge in [-0.2, -0.15) is 0 Å². The highest BCUT2D eigenvalue weighted by molar-refractivity contribution is 5.82. The average molecular weight is 390 g/mol. The van der Waals surface area contributed by atoms with E-state index in [2.05, 4.69) is 10.3 Å². The van der Waals surface area contributed by atoms with Gasteiger partial charge in [0.05, 0.1) is 26.1 Å². The molecule has 8 heteroatoms. The second kappa shape index (κ2) is 6.90. The van der Waals surface area contributed by atoms with E-state index in [0.717, 1.165) is 28.5 Å². The monoisotopic (exact) mass is 390 g/mol. The standard InChI is InChI=1S/C21H18N4O4/c1-26-14-4-6-16(27-2)15(10-14)23-21-20(24-19-11-22-7-8-25(19)21)13-3-5-17-18(9-13)29-12-28-17/h3-11,23H,12H2,1-2H3. The van der Waals surface area contributed by atoms with Gasteiger partial charge < -0.3 is 24.3 Å². The van der Waals surface area contributed by atoms with Crippen LogP contribution in [0.4, 0.5) is 11.5 Å². The summed E-state index contributed by atoms with van der Waals surface area (Å²) >= 11 is 0. The Kier molecular flexibility index (Phi) is 4.09. The molecule has 146 valence electrons. The number of anilines is 2. The molecule has 3 heterocycles. The second-order valence-electron chi connectivity index (χ2n) is 6.37. The molecule has 0 bridgehead atoms. The Balaban J connectivity index is 1.67. The number of imidazole rings is 1. The van der Waals surface area contributed by atoms with Gasteiger partial charge in [0.1, 0.15) is 23.0 Å². The summed E-state index contributed by atoms with van der Waals surface area (Å²) in [7, 11) is 3.26. The van der Waals surface area contributed by atoms with Crippen LogP contribution in [0, 0.1) is 0 Å². The fraction of sp³-hybridized carbons (Fsp3) is 0.143. The molecule has 2 aromatic carbocycles. The Hall–Kier alpha value is -3.94. The molecule has 0 amide bonds. The van der Waals surface area contributed by atoms with Crippen molar-refractivity contribution in [2.75, 3.05) is 26.3 Å². The fourth-order valence-corrected chi connectivity index (χ4v) is 3.31. The summed E-state index contributed by atoms with van der Waals surface area (Å²) in [5.41, 5.74) is 3.11. The van der Waals surface area contributed by atoms with Crippen LogP contribution < -0.4 is 24.3 Å². The normalized spacial score (nSPS) is 12.2. The van der Waals surface area contributed by atoms with Crippen molar-refractivity contribution in [2.24, 2.45) is 0 Å². The second-order valence-corrected chi connectivity index (χ2v) is 6.37. The first-order valence-electron chi connectivity index (χ1n) is 8.98. The summed E-state index contributed by atoms with van der Waals surface area (Å²) in [5, 5.41) is 3.45. The van der Waals surface area contributed by atoms with Crippen LogP contribution in [0.5, 0.6) is 23.0 Å². The Bertz CT molecular complexity index is 1200. The molecule has 0 atom stereocenters. The molecule has 0 saturated heterocycles. The lowest BCUT2D eigenvalue weighted by molar-refractivity contribution is 0.174. The van der Waals surface area contributed by atoms with Gasteiger partial charge in [0.15, 0.2) is 17.1 Å². The van der Waals surface area contributed by atoms with Crippen molar-refractivity contribution in [1.82, 2.24) is 14.4 Å². The molecule has 0 radical (unpaired) electrons. The van der Waals surface area contributed by atoms with Crippen LogP contribution in [-0.4, -0.2) is 35.4 Å². The number of rotatable bonds is 5. The quantitative estimate of drug-likeness (QED) is 0.554. The predicted octanol–water partition coefficient (Wildman–Crippen LogP) is 3.89. The van der Waals surface area contributed by atoms with Gasteiger partial charge in [0.25, 0.3) is 0 Å². The van der Waals surface area contributed by atoms with E-state index in [1.165, 1.54) is 0 Å². The number of hydrogen-bond acceptors (Lipinski definition) is 7. The van der Waals surface area contributed by atoms with Crippen LogP contribution in [-0.2, 0) is 0 Å². The minimum atomic E-state index is 0.222. The number of ether oxygens (including phenoxy) is 4. The summed E-state index contributed by atoms with van der Waals surface area (Å²) in [5.74, 6) is 3.60. The smallest absolute Gasteiger partial charge is 0.231 e. The van der Waals surface area contributed by atoms with Crippen LogP contribution in [0.15, 0.2) is 55.0 Å². The van der Waals surface area contributed by atoms with E-state index in [4.69, 9.17) is 23.9 Å². The van der Waals surface area contributed by atoms with Gasteiger partial charge in [-0.15, -0.1) is 0 Å². The number of nitrogens with zero attached hydrogens (tertiary/aromatic N) is 3. The molecule has 1 aliphatic rings. The first kappa shape index (κ1) is 17.2. The van der Waals surface area contributed by atoms with E-state index in [1.807, 2.05) is 47.0 Å². The topological polar surface area (TPSA) is 79.1 Å². The third-order valence-electron chi connectivity index (χ3n) is 4.74. The van der Waals surface area contributed by atoms with Crippen molar-refractivity contribution in [2.45, 2.75) is 0 Å². The van der Waals surface area contributed by atoms with Crippen LogP contribution in [0.2, 0.25) is 0 Å². The van der Waals surface area contributed by atoms with E-state index in [9.17, 15) is 0 Å². The number of methoxy groups -OCH3 is 2. The third-order valence-corrected chi connectivity index (χ3v) is 4.74. The van der Waals surface area contributed by atoms with Crippen molar-refractivity contribution in [3.63, 3.8) is 0 Å². The van der Waals surface area contributed by atoms with Crippen LogP contribution >= 0.6 is 0 Å². The molecule has 0 unspecified atom stereocenters. The minimum Gasteiger partial charge on any atom is -0.497 e. The SMILES string of the molecule is COc1ccc(OC)c(Nc2c(-c3ccc4c(c3)OCO4)nc3cnccn23)c1.